The minimum absolute atomic E-state index is 0.0167. The Hall–Kier alpha value is -8.96. The Morgan fingerprint density at radius 2 is 0.750 bits per heavy atom. The van der Waals surface area contributed by atoms with Gasteiger partial charge in [0.1, 0.15) is 11.2 Å². The van der Waals surface area contributed by atoms with E-state index in [2.05, 4.69) is 258 Å². The first kappa shape index (κ1) is 39.8. The molecule has 0 radical (unpaired) electrons. The Balaban J connectivity index is 0.959. The molecule has 72 heavy (non-hydrogen) atoms. The number of hydrogen-bond donors (Lipinski definition) is 0. The molecule has 17 rings (SSSR count). The van der Waals surface area contributed by atoms with E-state index >= 15 is 0 Å². The van der Waals surface area contributed by atoms with E-state index in [9.17, 15) is 0 Å². The molecule has 0 amide bonds. The molecule has 336 valence electrons. The van der Waals surface area contributed by atoms with Gasteiger partial charge in [0, 0.05) is 55.5 Å². The second-order valence-electron chi connectivity index (χ2n) is 19.8. The van der Waals surface area contributed by atoms with Crippen LogP contribution in [0.25, 0.3) is 76.9 Å². The number of aromatic nitrogens is 2. The first-order valence-corrected chi connectivity index (χ1v) is 27.2. The van der Waals surface area contributed by atoms with Gasteiger partial charge in [0.05, 0.1) is 22.1 Å². The van der Waals surface area contributed by atoms with Gasteiger partial charge in [0.15, 0.2) is 8.07 Å². The molecule has 3 aliphatic rings. The summed E-state index contributed by atoms with van der Waals surface area (Å²) in [6.07, 6.45) is 0. The summed E-state index contributed by atoms with van der Waals surface area (Å²) >= 11 is 0. The highest BCUT2D eigenvalue weighted by Gasteiger charge is 2.45. The van der Waals surface area contributed by atoms with Crippen LogP contribution in [0.2, 0.25) is 0 Å². The van der Waals surface area contributed by atoms with Crippen LogP contribution in [-0.4, -0.2) is 17.2 Å². The minimum atomic E-state index is -2.81. The molecule has 4 heteroatoms. The normalized spacial score (nSPS) is 14.9. The maximum atomic E-state index is 6.34. The molecule has 14 aromatic rings. The highest BCUT2D eigenvalue weighted by Crippen LogP contribution is 2.60. The number of hydrogen-bond acceptors (Lipinski definition) is 1. The average Bonchev–Trinajstić information content (AvgIpc) is 4.12. The lowest BCUT2D eigenvalue weighted by molar-refractivity contribution is 0.669. The van der Waals surface area contributed by atoms with Crippen molar-refractivity contribution in [2.24, 2.45) is 0 Å². The fourth-order valence-electron chi connectivity index (χ4n) is 13.7. The summed E-state index contributed by atoms with van der Waals surface area (Å²) in [5, 5.41) is 13.0. The van der Waals surface area contributed by atoms with Crippen LogP contribution in [0.3, 0.4) is 0 Å². The largest absolute Gasteiger partial charge is 0.456 e. The van der Waals surface area contributed by atoms with Gasteiger partial charge >= 0.3 is 0 Å². The van der Waals surface area contributed by atoms with Crippen molar-refractivity contribution in [1.82, 2.24) is 9.13 Å². The van der Waals surface area contributed by atoms with Gasteiger partial charge in [0.25, 0.3) is 0 Å². The first-order chi connectivity index (χ1) is 35.8. The molecule has 0 N–H and O–H groups in total. The van der Waals surface area contributed by atoms with Crippen LogP contribution in [0.5, 0.6) is 0 Å². The molecular weight excluding hydrogens is 889 g/mol. The summed E-state index contributed by atoms with van der Waals surface area (Å²) in [5.41, 5.74) is 17.5. The molecule has 0 saturated heterocycles. The predicted molar refractivity (Wildman–Crippen MR) is 301 cm³/mol. The molecule has 0 saturated carbocycles. The smallest absolute Gasteiger partial charge is 0.179 e. The van der Waals surface area contributed by atoms with Crippen molar-refractivity contribution >= 4 is 94.4 Å². The fraction of sp³-hybridized carbons (Fsp3) is 0.0294. The summed E-state index contributed by atoms with van der Waals surface area (Å²) in [6, 6.07) is 95.6. The zero-order valence-corrected chi connectivity index (χ0v) is 40.2. The van der Waals surface area contributed by atoms with E-state index in [0.717, 1.165) is 27.6 Å². The Morgan fingerprint density at radius 3 is 1.33 bits per heavy atom. The lowest BCUT2D eigenvalue weighted by Gasteiger charge is -2.43. The number of fused-ring (bicyclic) bond motifs is 9. The van der Waals surface area contributed by atoms with Gasteiger partial charge in [-0.2, -0.15) is 0 Å². The molecule has 3 nitrogen and oxygen atoms in total. The molecule has 2 atom stereocenters. The highest BCUT2D eigenvalue weighted by atomic mass is 28.3. The quantitative estimate of drug-likeness (QED) is 0.120. The molecule has 2 bridgehead atoms. The third-order valence-corrected chi connectivity index (χ3v) is 21.2. The van der Waals surface area contributed by atoms with Crippen LogP contribution in [0, 0.1) is 0 Å². The zero-order chi connectivity index (χ0) is 47.1. The third kappa shape index (κ3) is 5.28. The molecule has 0 fully saturated rings. The van der Waals surface area contributed by atoms with Crippen molar-refractivity contribution in [2.75, 3.05) is 0 Å². The second-order valence-corrected chi connectivity index (χ2v) is 23.6. The molecule has 3 aromatic heterocycles. The Bertz CT molecular complexity index is 4430. The van der Waals surface area contributed by atoms with Crippen molar-refractivity contribution in [3.63, 3.8) is 0 Å². The maximum Gasteiger partial charge on any atom is 0.179 e. The monoisotopic (exact) mass is 932 g/mol. The van der Waals surface area contributed by atoms with Crippen LogP contribution in [-0.2, 0) is 0 Å². The molecule has 0 spiro atoms. The topological polar surface area (TPSA) is 23.0 Å². The van der Waals surface area contributed by atoms with E-state index in [0.29, 0.717) is 0 Å². The highest BCUT2D eigenvalue weighted by molar-refractivity contribution is 7.19. The second kappa shape index (κ2) is 15.0. The van der Waals surface area contributed by atoms with Crippen LogP contribution in [0.15, 0.2) is 259 Å². The zero-order valence-electron chi connectivity index (χ0n) is 39.2. The van der Waals surface area contributed by atoms with Crippen LogP contribution < -0.4 is 20.7 Å². The van der Waals surface area contributed by atoms with Gasteiger partial charge in [0.2, 0.25) is 0 Å². The van der Waals surface area contributed by atoms with Crippen LogP contribution >= 0.6 is 0 Å². The molecule has 0 aliphatic heterocycles. The van der Waals surface area contributed by atoms with E-state index in [1.807, 2.05) is 6.07 Å². The Kier molecular flexibility index (Phi) is 8.31. The van der Waals surface area contributed by atoms with Crippen molar-refractivity contribution in [3.8, 4) is 11.4 Å². The van der Waals surface area contributed by atoms with Gasteiger partial charge < -0.3 is 13.6 Å². The summed E-state index contributed by atoms with van der Waals surface area (Å²) < 4.78 is 11.4. The average molecular weight is 933 g/mol. The van der Waals surface area contributed by atoms with Gasteiger partial charge in [-0.25, -0.2) is 0 Å². The lowest BCUT2D eigenvalue weighted by atomic mass is 9.59. The standard InChI is InChI=1S/C68H44N2OSi/c1-4-20-45(21-5-1)72(46-22-6-2-7-23-46,47-24-8-3-9-25-47)48-26-18-19-43(41-48)69-57-32-15-12-30-52(57)64-59(69)38-36-54-63-50-28-10-11-29-51(50)66(67(54)64)68-55(63)37-39-60-65(68)53-31-13-16-33-58(53)70(60)44-35-40-62-56(42-44)49-27-14-17-34-61(49)71-62/h1-42,63,66H. The van der Waals surface area contributed by atoms with E-state index in [4.69, 9.17) is 4.42 Å². The van der Waals surface area contributed by atoms with Crippen LogP contribution in [0.1, 0.15) is 45.2 Å². The number of rotatable bonds is 6. The SMILES string of the molecule is c1ccc([Si](c2ccccc2)(c2ccccc2)c2cccc(-n3c4ccccc4c4c5c(ccc43)C3c4ccccc4C5c4c3ccc3c4c4ccccc4n3-c3ccc4oc5ccccc5c4c3)c2)cc1. The van der Waals surface area contributed by atoms with Crippen molar-refractivity contribution in [2.45, 2.75) is 11.8 Å². The van der Waals surface area contributed by atoms with Crippen LogP contribution in [0.4, 0.5) is 0 Å². The molecule has 3 aliphatic carbocycles. The minimum Gasteiger partial charge on any atom is -0.456 e. The van der Waals surface area contributed by atoms with E-state index in [1.54, 1.807) is 0 Å². The third-order valence-electron chi connectivity index (χ3n) is 16.4. The lowest BCUT2D eigenvalue weighted by Crippen LogP contribution is -2.74. The number of nitrogens with zero attached hydrogens (tertiary/aromatic N) is 2. The maximum absolute atomic E-state index is 6.34. The van der Waals surface area contributed by atoms with Gasteiger partial charge in [-0.15, -0.1) is 0 Å². The van der Waals surface area contributed by atoms with Crippen molar-refractivity contribution in [3.05, 3.63) is 288 Å². The summed E-state index contributed by atoms with van der Waals surface area (Å²) in [6.45, 7) is 0. The summed E-state index contributed by atoms with van der Waals surface area (Å²) in [5.74, 6) is 0.114. The van der Waals surface area contributed by atoms with Crippen molar-refractivity contribution < 1.29 is 4.42 Å². The first-order valence-electron chi connectivity index (χ1n) is 25.2. The molecule has 11 aromatic carbocycles. The number of furan rings is 1. The van der Waals surface area contributed by atoms with E-state index in [1.165, 1.54) is 103 Å². The van der Waals surface area contributed by atoms with E-state index < -0.39 is 8.07 Å². The summed E-state index contributed by atoms with van der Waals surface area (Å²) in [4.78, 5) is 0. The number of benzene rings is 11. The van der Waals surface area contributed by atoms with Gasteiger partial charge in [-0.1, -0.05) is 194 Å². The van der Waals surface area contributed by atoms with Gasteiger partial charge in [-0.3, -0.25) is 0 Å². The Labute approximate surface area is 417 Å². The molecule has 3 heterocycles. The predicted octanol–water partition coefficient (Wildman–Crippen LogP) is 14.1. The summed E-state index contributed by atoms with van der Waals surface area (Å²) in [7, 11) is -2.81. The Morgan fingerprint density at radius 1 is 0.292 bits per heavy atom. The van der Waals surface area contributed by atoms with Crippen molar-refractivity contribution in [1.29, 1.82) is 0 Å². The fourth-order valence-corrected chi connectivity index (χ4v) is 18.5. The van der Waals surface area contributed by atoms with E-state index in [-0.39, 0.29) is 11.8 Å². The molecule has 2 unspecified atom stereocenters. The number of para-hydroxylation sites is 3. The van der Waals surface area contributed by atoms with Gasteiger partial charge in [-0.05, 0) is 115 Å². The molecular formula is C68H44N2OSi.